The number of nitrogens with zero attached hydrogens (tertiary/aromatic N) is 4. The second kappa shape index (κ2) is 8.09. The van der Waals surface area contributed by atoms with Crippen molar-refractivity contribution in [2.24, 2.45) is 46.8 Å². The van der Waals surface area contributed by atoms with E-state index in [4.69, 9.17) is 4.74 Å². The minimum Gasteiger partial charge on any atom is -0.387 e. The lowest BCUT2D eigenvalue weighted by Crippen LogP contribution is -2.52. The smallest absolute Gasteiger partial charge is 0.148 e. The maximum Gasteiger partial charge on any atom is 0.148 e. The summed E-state index contributed by atoms with van der Waals surface area (Å²) < 4.78 is 7.36. The molecule has 0 saturated heterocycles. The van der Waals surface area contributed by atoms with Crippen molar-refractivity contribution in [1.29, 1.82) is 0 Å². The second-order valence-corrected chi connectivity index (χ2v) is 11.9. The molecule has 0 unspecified atom stereocenters. The maximum absolute atomic E-state index is 11.0. The first-order valence-corrected chi connectivity index (χ1v) is 12.8. The number of rotatable bonds is 5. The monoisotopic (exact) mass is 430 g/mol. The van der Waals surface area contributed by atoms with Gasteiger partial charge >= 0.3 is 0 Å². The molecule has 0 bridgehead atoms. The average molecular weight is 431 g/mol. The molecule has 1 N–H and O–H groups in total. The van der Waals surface area contributed by atoms with E-state index in [0.717, 1.165) is 54.8 Å². The summed E-state index contributed by atoms with van der Waals surface area (Å²) in [5.41, 5.74) is -0.102. The number of hydrogen-bond donors (Lipinski definition) is 1. The van der Waals surface area contributed by atoms with Gasteiger partial charge in [-0.05, 0) is 122 Å². The lowest BCUT2D eigenvalue weighted by molar-refractivity contribution is -0.126. The topological polar surface area (TPSA) is 73.1 Å². The Morgan fingerprint density at radius 1 is 1.10 bits per heavy atom. The van der Waals surface area contributed by atoms with E-state index in [1.54, 1.807) is 7.11 Å². The minimum atomic E-state index is -0.575. The SMILES string of the molecule is COC[C@@]1(O)CC[C@H]2[C@@H](CC[C@@H]3[C@@H]2CC[C@]2(C)[C@@H]([C@H](C)Cn4nnnc4C)CC[C@@H]32)C1. The molecule has 31 heavy (non-hydrogen) atoms. The molecule has 1 aromatic heterocycles. The van der Waals surface area contributed by atoms with Gasteiger partial charge in [-0.25, -0.2) is 4.68 Å². The van der Waals surface area contributed by atoms with E-state index in [1.807, 2.05) is 11.6 Å². The maximum atomic E-state index is 11.0. The summed E-state index contributed by atoms with van der Waals surface area (Å²) in [7, 11) is 1.72. The van der Waals surface area contributed by atoms with Crippen molar-refractivity contribution in [3.8, 4) is 0 Å². The second-order valence-electron chi connectivity index (χ2n) is 11.9. The molecule has 4 fully saturated rings. The first-order chi connectivity index (χ1) is 14.8. The lowest BCUT2D eigenvalue weighted by atomic mass is 9.48. The standard InChI is InChI=1S/C25H42N4O2/c1-16(14-29-17(2)26-27-28-29)22-7-8-23-21-6-5-18-13-25(30,15-31-4)12-10-19(18)20(21)9-11-24(22,23)3/h16,18-23,30H,5-15H2,1-4H3/t16-,18+,19+,20-,21-,22-,23+,24-,25-/m1/s1. The molecule has 1 heterocycles. The quantitative estimate of drug-likeness (QED) is 0.755. The number of tetrazole rings is 1. The predicted molar refractivity (Wildman–Crippen MR) is 119 cm³/mol. The summed E-state index contributed by atoms with van der Waals surface area (Å²) in [4.78, 5) is 0. The summed E-state index contributed by atoms with van der Waals surface area (Å²) >= 11 is 0. The molecule has 174 valence electrons. The van der Waals surface area contributed by atoms with Gasteiger partial charge in [-0.1, -0.05) is 13.8 Å². The lowest BCUT2D eigenvalue weighted by Gasteiger charge is -2.57. The van der Waals surface area contributed by atoms with Crippen molar-refractivity contribution in [3.05, 3.63) is 5.82 Å². The van der Waals surface area contributed by atoms with Crippen LogP contribution < -0.4 is 0 Å². The predicted octanol–water partition coefficient (Wildman–Crippen LogP) is 4.26. The number of aromatic nitrogens is 4. The van der Waals surface area contributed by atoms with Crippen molar-refractivity contribution in [2.75, 3.05) is 13.7 Å². The average Bonchev–Trinajstić information content (AvgIpc) is 3.30. The van der Waals surface area contributed by atoms with Gasteiger partial charge in [-0.2, -0.15) is 0 Å². The molecule has 9 atom stereocenters. The number of methoxy groups -OCH3 is 1. The molecule has 4 aliphatic rings. The van der Waals surface area contributed by atoms with Crippen molar-refractivity contribution < 1.29 is 9.84 Å². The summed E-state index contributed by atoms with van der Waals surface area (Å²) in [6, 6.07) is 0. The third-order valence-corrected chi connectivity index (χ3v) is 10.4. The van der Waals surface area contributed by atoms with Crippen LogP contribution in [0.15, 0.2) is 0 Å². The van der Waals surface area contributed by atoms with Gasteiger partial charge in [0.1, 0.15) is 5.82 Å². The molecule has 0 aliphatic heterocycles. The summed E-state index contributed by atoms with van der Waals surface area (Å²) in [5, 5.41) is 23.1. The van der Waals surface area contributed by atoms with Crippen molar-refractivity contribution >= 4 is 0 Å². The van der Waals surface area contributed by atoms with Gasteiger partial charge in [0, 0.05) is 13.7 Å². The normalized spacial score (nSPS) is 45.6. The highest BCUT2D eigenvalue weighted by Crippen LogP contribution is 2.65. The third kappa shape index (κ3) is 3.66. The van der Waals surface area contributed by atoms with Crippen LogP contribution in [0.4, 0.5) is 0 Å². The van der Waals surface area contributed by atoms with Gasteiger partial charge in [0.25, 0.3) is 0 Å². The first kappa shape index (κ1) is 21.8. The van der Waals surface area contributed by atoms with Crippen molar-refractivity contribution in [2.45, 2.75) is 90.7 Å². The molecular weight excluding hydrogens is 388 g/mol. The molecule has 5 rings (SSSR count). The highest BCUT2D eigenvalue weighted by Gasteiger charge is 2.58. The van der Waals surface area contributed by atoms with E-state index >= 15 is 0 Å². The molecule has 6 nitrogen and oxygen atoms in total. The van der Waals surface area contributed by atoms with Crippen LogP contribution in [0.25, 0.3) is 0 Å². The Hall–Kier alpha value is -1.01. The number of hydrogen-bond acceptors (Lipinski definition) is 5. The van der Waals surface area contributed by atoms with Gasteiger partial charge < -0.3 is 9.84 Å². The van der Waals surface area contributed by atoms with Crippen LogP contribution in [0.5, 0.6) is 0 Å². The molecule has 6 heteroatoms. The van der Waals surface area contributed by atoms with Gasteiger partial charge in [0.05, 0.1) is 12.2 Å². The first-order valence-electron chi connectivity index (χ1n) is 12.8. The van der Waals surface area contributed by atoms with Crippen LogP contribution in [0, 0.1) is 53.8 Å². The highest BCUT2D eigenvalue weighted by atomic mass is 16.5. The van der Waals surface area contributed by atoms with E-state index in [-0.39, 0.29) is 0 Å². The molecule has 4 saturated carbocycles. The van der Waals surface area contributed by atoms with Crippen molar-refractivity contribution in [1.82, 2.24) is 20.2 Å². The molecular formula is C25H42N4O2. The molecule has 0 radical (unpaired) electrons. The Morgan fingerprint density at radius 3 is 2.65 bits per heavy atom. The van der Waals surface area contributed by atoms with Crippen LogP contribution in [-0.2, 0) is 11.3 Å². The molecule has 0 amide bonds. The van der Waals surface area contributed by atoms with Crippen LogP contribution >= 0.6 is 0 Å². The van der Waals surface area contributed by atoms with Crippen molar-refractivity contribution in [3.63, 3.8) is 0 Å². The summed E-state index contributed by atoms with van der Waals surface area (Å²) in [6.07, 6.45) is 11.3. The Balaban J connectivity index is 1.29. The van der Waals surface area contributed by atoms with Gasteiger partial charge in [-0.3, -0.25) is 0 Å². The van der Waals surface area contributed by atoms with E-state index in [2.05, 4.69) is 29.4 Å². The number of aryl methyl sites for hydroxylation is 1. The van der Waals surface area contributed by atoms with Gasteiger partial charge in [0.2, 0.25) is 0 Å². The molecule has 0 aromatic carbocycles. The third-order valence-electron chi connectivity index (χ3n) is 10.4. The Bertz CT molecular complexity index is 783. The zero-order valence-corrected chi connectivity index (χ0v) is 20.0. The fourth-order valence-corrected chi connectivity index (χ4v) is 9.16. The molecule has 1 aromatic rings. The fraction of sp³-hybridized carbons (Fsp3) is 0.960. The minimum absolute atomic E-state index is 0.473. The largest absolute Gasteiger partial charge is 0.387 e. The van der Waals surface area contributed by atoms with Gasteiger partial charge in [-0.15, -0.1) is 5.10 Å². The summed E-state index contributed by atoms with van der Waals surface area (Å²) in [5.74, 6) is 6.54. The van der Waals surface area contributed by atoms with E-state index in [1.165, 1.54) is 44.9 Å². The van der Waals surface area contributed by atoms with Crippen LogP contribution in [0.2, 0.25) is 0 Å². The zero-order chi connectivity index (χ0) is 21.8. The van der Waals surface area contributed by atoms with E-state index < -0.39 is 5.60 Å². The van der Waals surface area contributed by atoms with Crippen LogP contribution in [-0.4, -0.2) is 44.6 Å². The number of ether oxygens (including phenoxy) is 1. The highest BCUT2D eigenvalue weighted by molar-refractivity contribution is 5.07. The summed E-state index contributed by atoms with van der Waals surface area (Å²) in [6.45, 7) is 8.51. The van der Waals surface area contributed by atoms with E-state index in [0.29, 0.717) is 23.9 Å². The Morgan fingerprint density at radius 2 is 1.90 bits per heavy atom. The molecule has 4 aliphatic carbocycles. The van der Waals surface area contributed by atoms with Crippen LogP contribution in [0.3, 0.4) is 0 Å². The Labute approximate surface area is 187 Å². The van der Waals surface area contributed by atoms with E-state index in [9.17, 15) is 5.11 Å². The Kier molecular flexibility index (Phi) is 5.69. The number of fused-ring (bicyclic) bond motifs is 5. The molecule has 0 spiro atoms. The number of aliphatic hydroxyl groups is 1. The van der Waals surface area contributed by atoms with Gasteiger partial charge in [0.15, 0.2) is 0 Å². The van der Waals surface area contributed by atoms with Crippen LogP contribution in [0.1, 0.15) is 77.5 Å². The zero-order valence-electron chi connectivity index (χ0n) is 20.0. The fourth-order valence-electron chi connectivity index (χ4n) is 9.16.